The van der Waals surface area contributed by atoms with Gasteiger partial charge in [-0.15, -0.1) is 0 Å². The Morgan fingerprint density at radius 3 is 2.31 bits per heavy atom. The number of rotatable bonds is 5. The van der Waals surface area contributed by atoms with E-state index in [-0.39, 0.29) is 30.5 Å². The van der Waals surface area contributed by atoms with E-state index in [1.54, 1.807) is 12.1 Å². The third-order valence-electron chi connectivity index (χ3n) is 4.84. The second-order valence-corrected chi connectivity index (χ2v) is 8.05. The fraction of sp³-hybridized carbons (Fsp3) is 0.667. The summed E-state index contributed by atoms with van der Waals surface area (Å²) >= 11 is 0. The molecule has 0 amide bonds. The predicted molar refractivity (Wildman–Crippen MR) is 99.0 cm³/mol. The van der Waals surface area contributed by atoms with Crippen LogP contribution in [0.3, 0.4) is 0 Å². The first-order valence-electron chi connectivity index (χ1n) is 9.37. The van der Waals surface area contributed by atoms with Gasteiger partial charge < -0.3 is 23.7 Å². The highest BCUT2D eigenvalue weighted by atomic mass is 16.9. The molecule has 11 heteroatoms. The zero-order valence-corrected chi connectivity index (χ0v) is 16.6. The Morgan fingerprint density at radius 1 is 1.00 bits per heavy atom. The van der Waals surface area contributed by atoms with Crippen molar-refractivity contribution in [1.82, 2.24) is 0 Å². The van der Waals surface area contributed by atoms with Crippen LogP contribution in [0.1, 0.15) is 27.7 Å². The summed E-state index contributed by atoms with van der Waals surface area (Å²) in [6.45, 7) is 7.56. The van der Waals surface area contributed by atoms with E-state index in [9.17, 15) is 10.1 Å². The average Bonchev–Trinajstić information content (AvgIpc) is 3.13. The molecule has 3 saturated heterocycles. The molecule has 29 heavy (non-hydrogen) atoms. The third kappa shape index (κ3) is 4.23. The quantitative estimate of drug-likeness (QED) is 0.448. The summed E-state index contributed by atoms with van der Waals surface area (Å²) in [5.41, 5.74) is 3.33. The fourth-order valence-corrected chi connectivity index (χ4v) is 3.71. The number of hydrogen-bond donors (Lipinski definition) is 1. The van der Waals surface area contributed by atoms with Crippen molar-refractivity contribution in [3.8, 4) is 0 Å². The fourth-order valence-electron chi connectivity index (χ4n) is 3.71. The highest BCUT2D eigenvalue weighted by Crippen LogP contribution is 2.44. The molecule has 3 heterocycles. The molecule has 5 atom stereocenters. The van der Waals surface area contributed by atoms with Gasteiger partial charge in [-0.25, -0.2) is 0 Å². The van der Waals surface area contributed by atoms with Crippen molar-refractivity contribution in [2.45, 2.75) is 70.0 Å². The largest absolute Gasteiger partial charge is 0.342 e. The number of benzene rings is 1. The van der Waals surface area contributed by atoms with Crippen LogP contribution in [0.15, 0.2) is 34.6 Å². The molecule has 158 valence electrons. The number of fused-ring (bicyclic) bond motifs is 3. The van der Waals surface area contributed by atoms with Gasteiger partial charge in [0, 0.05) is 12.1 Å². The van der Waals surface area contributed by atoms with Crippen LogP contribution in [0, 0.1) is 10.1 Å². The summed E-state index contributed by atoms with van der Waals surface area (Å²) in [5.74, 6) is -1.54. The molecule has 3 fully saturated rings. The molecular weight excluding hydrogens is 384 g/mol. The molecule has 4 rings (SSSR count). The highest BCUT2D eigenvalue weighted by Gasteiger charge is 2.60. The van der Waals surface area contributed by atoms with Crippen LogP contribution in [0.25, 0.3) is 0 Å². The maximum atomic E-state index is 10.7. The lowest BCUT2D eigenvalue weighted by Crippen LogP contribution is -2.55. The number of nitro groups is 1. The molecule has 1 aromatic rings. The molecule has 3 aliphatic rings. The van der Waals surface area contributed by atoms with Gasteiger partial charge in [-0.2, -0.15) is 5.11 Å². The monoisotopic (exact) mass is 408 g/mol. The number of nitrogens with zero attached hydrogens (tertiary/aromatic N) is 3. The number of ether oxygens (including phenoxy) is 5. The summed E-state index contributed by atoms with van der Waals surface area (Å²) in [6.07, 6.45) is -2.10. The van der Waals surface area contributed by atoms with E-state index in [0.29, 0.717) is 5.69 Å². The lowest BCUT2D eigenvalue weighted by molar-refractivity contribution is -0.384. The van der Waals surface area contributed by atoms with Crippen molar-refractivity contribution in [3.05, 3.63) is 34.4 Å². The first-order chi connectivity index (χ1) is 13.6. The van der Waals surface area contributed by atoms with Crippen molar-refractivity contribution in [3.63, 3.8) is 0 Å². The van der Waals surface area contributed by atoms with Crippen LogP contribution in [0.5, 0.6) is 0 Å². The number of hydrogen-bond acceptors (Lipinski definition) is 9. The third-order valence-corrected chi connectivity index (χ3v) is 4.84. The van der Waals surface area contributed by atoms with E-state index < -0.39 is 28.9 Å². The van der Waals surface area contributed by atoms with Gasteiger partial charge in [-0.3, -0.25) is 15.5 Å². The van der Waals surface area contributed by atoms with Gasteiger partial charge in [0.25, 0.3) is 5.69 Å². The van der Waals surface area contributed by atoms with Gasteiger partial charge in [-0.1, -0.05) is 5.22 Å². The topological polar surface area (TPSA) is 126 Å². The van der Waals surface area contributed by atoms with Crippen molar-refractivity contribution in [1.29, 1.82) is 0 Å². The molecule has 0 radical (unpaired) electrons. The summed E-state index contributed by atoms with van der Waals surface area (Å²) in [6, 6.07) is 5.88. The van der Waals surface area contributed by atoms with Crippen LogP contribution in [-0.4, -0.2) is 53.7 Å². The molecule has 11 nitrogen and oxygen atoms in total. The minimum atomic E-state index is -0.774. The summed E-state index contributed by atoms with van der Waals surface area (Å²) < 4.78 is 29.9. The summed E-state index contributed by atoms with van der Waals surface area (Å²) in [5, 5.41) is 18.8. The molecule has 5 unspecified atom stereocenters. The number of non-ortho nitro benzene ring substituents is 1. The molecule has 0 saturated carbocycles. The smallest absolute Gasteiger partial charge is 0.269 e. The van der Waals surface area contributed by atoms with E-state index in [2.05, 4.69) is 15.8 Å². The van der Waals surface area contributed by atoms with Crippen LogP contribution >= 0.6 is 0 Å². The van der Waals surface area contributed by atoms with Crippen molar-refractivity contribution in [2.75, 3.05) is 12.0 Å². The predicted octanol–water partition coefficient (Wildman–Crippen LogP) is 2.77. The van der Waals surface area contributed by atoms with E-state index >= 15 is 0 Å². The minimum absolute atomic E-state index is 0.00592. The number of nitrogens with one attached hydrogen (secondary N) is 1. The Kier molecular flexibility index (Phi) is 5.03. The van der Waals surface area contributed by atoms with Gasteiger partial charge >= 0.3 is 0 Å². The lowest BCUT2D eigenvalue weighted by Gasteiger charge is -2.36. The van der Waals surface area contributed by atoms with Crippen molar-refractivity contribution < 1.29 is 28.6 Å². The Labute approximate surface area is 167 Å². The molecule has 1 N–H and O–H groups in total. The maximum Gasteiger partial charge on any atom is 0.269 e. The van der Waals surface area contributed by atoms with Gasteiger partial charge in [0.1, 0.15) is 24.4 Å². The Bertz CT molecular complexity index is 798. The lowest BCUT2D eigenvalue weighted by atomic mass is 9.99. The number of nitro benzene ring substituents is 1. The summed E-state index contributed by atoms with van der Waals surface area (Å²) in [4.78, 5) is 10.2. The highest BCUT2D eigenvalue weighted by molar-refractivity contribution is 5.47. The molecular formula is C18H24N4O7. The Hall–Kier alpha value is -2.18. The molecule has 0 aliphatic carbocycles. The van der Waals surface area contributed by atoms with Crippen LogP contribution in [0.2, 0.25) is 0 Å². The van der Waals surface area contributed by atoms with Gasteiger partial charge in [0.05, 0.1) is 17.2 Å². The zero-order chi connectivity index (χ0) is 20.8. The molecule has 0 spiro atoms. The van der Waals surface area contributed by atoms with E-state index in [4.69, 9.17) is 23.7 Å². The van der Waals surface area contributed by atoms with Gasteiger partial charge in [-0.05, 0) is 39.8 Å². The summed E-state index contributed by atoms with van der Waals surface area (Å²) in [7, 11) is 0. The van der Waals surface area contributed by atoms with Crippen LogP contribution < -0.4 is 5.43 Å². The first-order valence-corrected chi connectivity index (χ1v) is 9.37. The van der Waals surface area contributed by atoms with Crippen LogP contribution in [-0.2, 0) is 23.7 Å². The molecule has 0 bridgehead atoms. The molecule has 3 aliphatic heterocycles. The van der Waals surface area contributed by atoms with Gasteiger partial charge in [0.15, 0.2) is 17.9 Å². The van der Waals surface area contributed by atoms with Gasteiger partial charge in [0.2, 0.25) is 0 Å². The standard InChI is InChI=1S/C18H24N4O7/c1-17(2)26-13-12(25-16-15(14(13)27-17)28-18(3,4)29-16)9-19-21-20-10-5-7-11(8-6-10)22(23)24/h5-8,12-16H,9H2,1-4H3,(H,19,20). The first kappa shape index (κ1) is 20.1. The zero-order valence-electron chi connectivity index (χ0n) is 16.6. The normalized spacial score (nSPS) is 34.7. The minimum Gasteiger partial charge on any atom is -0.342 e. The number of anilines is 1. The second kappa shape index (κ2) is 7.26. The maximum absolute atomic E-state index is 10.7. The van der Waals surface area contributed by atoms with E-state index in [0.717, 1.165) is 0 Å². The Balaban J connectivity index is 1.40. The SMILES string of the molecule is CC1(C)OC2OC(CN=NNc3ccc([N+](=O)[O-])cc3)C3OC(C)(C)OC3C2O1. The second-order valence-electron chi connectivity index (χ2n) is 8.05. The Morgan fingerprint density at radius 2 is 1.62 bits per heavy atom. The average molecular weight is 408 g/mol. The van der Waals surface area contributed by atoms with Crippen molar-refractivity contribution in [2.24, 2.45) is 10.3 Å². The van der Waals surface area contributed by atoms with E-state index in [1.165, 1.54) is 12.1 Å². The molecule has 1 aromatic carbocycles. The van der Waals surface area contributed by atoms with Crippen molar-refractivity contribution >= 4 is 11.4 Å². The molecule has 0 aromatic heterocycles. The van der Waals surface area contributed by atoms with E-state index in [1.807, 2.05) is 27.7 Å². The van der Waals surface area contributed by atoms with Crippen LogP contribution in [0.4, 0.5) is 11.4 Å².